The molecular weight excluding hydrogens is 640 g/mol. The first kappa shape index (κ1) is 40.7. The van der Waals surface area contributed by atoms with Crippen LogP contribution in [0.2, 0.25) is 0 Å². The van der Waals surface area contributed by atoms with Gasteiger partial charge in [-0.15, -0.1) is 0 Å². The standard InChI is InChI=1S/C37H47F2NO9/c1-2-3-4-7-10-13-28(41)14-11-8-5-6-9-12-15-30(37(49,36(47)48)24-33(42)43)34(44)40-32(35(45)46)22-25-16-18-26(19-17-25)29-21-20-27(38)23-31(29)39/h12,15-21,23,30,32,49H,2-11,13-14,22,24H2,1H3,(H,40,44)(H,42,43)(H,45,46)(H,47,48)/b15-12+/t30-,32-,37-/m0/s1. The predicted molar refractivity (Wildman–Crippen MR) is 179 cm³/mol. The van der Waals surface area contributed by atoms with E-state index in [2.05, 4.69) is 12.2 Å². The number of allylic oxidation sites excluding steroid dienone is 1. The summed E-state index contributed by atoms with van der Waals surface area (Å²) in [5.41, 5.74) is -2.16. The van der Waals surface area contributed by atoms with Gasteiger partial charge in [-0.2, -0.15) is 0 Å². The molecule has 0 aromatic heterocycles. The van der Waals surface area contributed by atoms with Crippen molar-refractivity contribution < 1.29 is 53.2 Å². The van der Waals surface area contributed by atoms with Crippen LogP contribution in [-0.4, -0.2) is 61.7 Å². The number of aliphatic carboxylic acids is 3. The molecule has 0 aliphatic carbocycles. The van der Waals surface area contributed by atoms with Crippen LogP contribution in [0.15, 0.2) is 54.6 Å². The van der Waals surface area contributed by atoms with Crippen LogP contribution in [0.5, 0.6) is 0 Å². The summed E-state index contributed by atoms with van der Waals surface area (Å²) in [5.74, 6) is -9.55. The fourth-order valence-electron chi connectivity index (χ4n) is 5.47. The lowest BCUT2D eigenvalue weighted by atomic mass is 9.82. The molecule has 1 amide bonds. The summed E-state index contributed by atoms with van der Waals surface area (Å²) in [6, 6.07) is 7.43. The SMILES string of the molecule is CCCCCCCC(=O)CCCCCC/C=C/[C@@H](C(=O)N[C@@H](Cc1ccc(-c2ccc(F)cc2F)cc1)C(=O)O)[C@@](O)(CC(=O)O)C(=O)O. The Morgan fingerprint density at radius 2 is 1.45 bits per heavy atom. The van der Waals surface area contributed by atoms with Crippen molar-refractivity contribution in [1.82, 2.24) is 5.32 Å². The Morgan fingerprint density at radius 1 is 0.837 bits per heavy atom. The van der Waals surface area contributed by atoms with Gasteiger partial charge in [0.1, 0.15) is 23.5 Å². The number of rotatable bonds is 24. The van der Waals surface area contributed by atoms with E-state index in [9.17, 15) is 53.2 Å². The van der Waals surface area contributed by atoms with Gasteiger partial charge in [-0.05, 0) is 48.9 Å². The van der Waals surface area contributed by atoms with E-state index < -0.39 is 59.4 Å². The van der Waals surface area contributed by atoms with Crippen LogP contribution in [0, 0.1) is 17.6 Å². The number of amides is 1. The van der Waals surface area contributed by atoms with Crippen molar-refractivity contribution in [3.63, 3.8) is 0 Å². The summed E-state index contributed by atoms with van der Waals surface area (Å²) in [7, 11) is 0. The number of nitrogens with one attached hydrogen (secondary N) is 1. The summed E-state index contributed by atoms with van der Waals surface area (Å²) in [6.07, 6.45) is 10.7. The number of carboxylic acids is 3. The average molecular weight is 688 g/mol. The van der Waals surface area contributed by atoms with E-state index >= 15 is 0 Å². The van der Waals surface area contributed by atoms with Gasteiger partial charge in [-0.25, -0.2) is 18.4 Å². The largest absolute Gasteiger partial charge is 0.481 e. The molecule has 0 saturated heterocycles. The molecule has 12 heteroatoms. The zero-order chi connectivity index (χ0) is 36.4. The van der Waals surface area contributed by atoms with E-state index in [4.69, 9.17) is 0 Å². The fourth-order valence-corrected chi connectivity index (χ4v) is 5.47. The number of hydrogen-bond donors (Lipinski definition) is 5. The topological polar surface area (TPSA) is 178 Å². The van der Waals surface area contributed by atoms with Crippen LogP contribution in [0.4, 0.5) is 8.78 Å². The second-order valence-electron chi connectivity index (χ2n) is 12.3. The highest BCUT2D eigenvalue weighted by atomic mass is 19.1. The number of carbonyl (C=O) groups is 5. The number of halogens is 2. The number of aliphatic hydroxyl groups is 1. The van der Waals surface area contributed by atoms with Gasteiger partial charge < -0.3 is 25.7 Å². The molecule has 268 valence electrons. The van der Waals surface area contributed by atoms with E-state index in [0.717, 1.165) is 63.2 Å². The van der Waals surface area contributed by atoms with Gasteiger partial charge in [0.05, 0.1) is 12.3 Å². The monoisotopic (exact) mass is 687 g/mol. The molecule has 0 spiro atoms. The molecule has 3 atom stereocenters. The van der Waals surface area contributed by atoms with E-state index in [1.54, 1.807) is 0 Å². The van der Waals surface area contributed by atoms with E-state index in [1.165, 1.54) is 42.8 Å². The molecule has 0 bridgehead atoms. The Morgan fingerprint density at radius 3 is 2.00 bits per heavy atom. The van der Waals surface area contributed by atoms with Crippen molar-refractivity contribution in [1.29, 1.82) is 0 Å². The van der Waals surface area contributed by atoms with E-state index in [1.807, 2.05) is 0 Å². The highest BCUT2D eigenvalue weighted by Gasteiger charge is 2.49. The summed E-state index contributed by atoms with van der Waals surface area (Å²) >= 11 is 0. The van der Waals surface area contributed by atoms with E-state index in [0.29, 0.717) is 36.8 Å². The molecule has 49 heavy (non-hydrogen) atoms. The number of ketones is 1. The first-order valence-corrected chi connectivity index (χ1v) is 16.7. The maximum atomic E-state index is 14.2. The fraction of sp³-hybridized carbons (Fsp3) is 0.486. The molecule has 0 aliphatic heterocycles. The highest BCUT2D eigenvalue weighted by Crippen LogP contribution is 2.27. The van der Waals surface area contributed by atoms with Crippen LogP contribution in [0.25, 0.3) is 11.1 Å². The van der Waals surface area contributed by atoms with Gasteiger partial charge in [0.25, 0.3) is 0 Å². The van der Waals surface area contributed by atoms with Gasteiger partial charge in [0, 0.05) is 30.9 Å². The van der Waals surface area contributed by atoms with Crippen molar-refractivity contribution in [3.8, 4) is 11.1 Å². The van der Waals surface area contributed by atoms with E-state index in [-0.39, 0.29) is 17.8 Å². The number of hydrogen-bond acceptors (Lipinski definition) is 6. The molecule has 0 heterocycles. The van der Waals surface area contributed by atoms with Gasteiger partial charge in [-0.3, -0.25) is 14.4 Å². The zero-order valence-electron chi connectivity index (χ0n) is 27.8. The van der Waals surface area contributed by atoms with Crippen molar-refractivity contribution >= 4 is 29.6 Å². The van der Waals surface area contributed by atoms with Gasteiger partial charge >= 0.3 is 17.9 Å². The minimum absolute atomic E-state index is 0.121. The summed E-state index contributed by atoms with van der Waals surface area (Å²) in [5, 5.41) is 42.0. The maximum Gasteiger partial charge on any atom is 0.337 e. The molecule has 0 unspecified atom stereocenters. The average Bonchev–Trinajstić information content (AvgIpc) is 3.03. The minimum Gasteiger partial charge on any atom is -0.481 e. The lowest BCUT2D eigenvalue weighted by molar-refractivity contribution is -0.172. The first-order valence-electron chi connectivity index (χ1n) is 16.7. The number of benzene rings is 2. The summed E-state index contributed by atoms with van der Waals surface area (Å²) in [4.78, 5) is 61.0. The second-order valence-corrected chi connectivity index (χ2v) is 12.3. The Labute approximate surface area is 285 Å². The minimum atomic E-state index is -3.08. The van der Waals surface area contributed by atoms with Crippen molar-refractivity contribution in [2.24, 2.45) is 5.92 Å². The predicted octanol–water partition coefficient (Wildman–Crippen LogP) is 6.48. The number of carboxylic acid groups (broad SMARTS) is 3. The zero-order valence-corrected chi connectivity index (χ0v) is 27.8. The van der Waals surface area contributed by atoms with Crippen LogP contribution in [0.1, 0.15) is 96.0 Å². The third-order valence-corrected chi connectivity index (χ3v) is 8.30. The summed E-state index contributed by atoms with van der Waals surface area (Å²) in [6.45, 7) is 2.14. The number of unbranched alkanes of at least 4 members (excludes halogenated alkanes) is 8. The maximum absolute atomic E-state index is 14.2. The highest BCUT2D eigenvalue weighted by molar-refractivity contribution is 5.94. The van der Waals surface area contributed by atoms with Crippen LogP contribution in [-0.2, 0) is 30.4 Å². The summed E-state index contributed by atoms with van der Waals surface area (Å²) < 4.78 is 27.5. The van der Waals surface area contributed by atoms with Crippen LogP contribution >= 0.6 is 0 Å². The molecule has 0 fully saturated rings. The third-order valence-electron chi connectivity index (χ3n) is 8.30. The normalized spacial score (nSPS) is 13.8. The van der Waals surface area contributed by atoms with Gasteiger partial charge in [0.15, 0.2) is 5.60 Å². The van der Waals surface area contributed by atoms with Crippen LogP contribution < -0.4 is 5.32 Å². The molecule has 2 rings (SSSR count). The van der Waals surface area contributed by atoms with Gasteiger partial charge in [-0.1, -0.05) is 81.9 Å². The quantitative estimate of drug-likeness (QED) is 0.0611. The van der Waals surface area contributed by atoms with Crippen LogP contribution in [0.3, 0.4) is 0 Å². The Kier molecular flexibility index (Phi) is 17.3. The Balaban J connectivity index is 2.05. The lowest BCUT2D eigenvalue weighted by Gasteiger charge is -2.29. The van der Waals surface area contributed by atoms with Crippen molar-refractivity contribution in [2.45, 2.75) is 108 Å². The molecule has 0 radical (unpaired) electrons. The third kappa shape index (κ3) is 13.9. The molecule has 10 nitrogen and oxygen atoms in total. The number of Topliss-reactive ketones (excluding diaryl/α,β-unsaturated/α-hetero) is 1. The molecule has 5 N–H and O–H groups in total. The van der Waals surface area contributed by atoms with Crippen molar-refractivity contribution in [3.05, 3.63) is 71.8 Å². The smallest absolute Gasteiger partial charge is 0.337 e. The Bertz CT molecular complexity index is 1440. The second kappa shape index (κ2) is 20.8. The Hall–Kier alpha value is -4.45. The molecule has 0 aliphatic rings. The molecule has 2 aromatic rings. The molecular formula is C37H47F2NO9. The lowest BCUT2D eigenvalue weighted by Crippen LogP contribution is -2.55. The van der Waals surface area contributed by atoms with Gasteiger partial charge in [0.2, 0.25) is 5.91 Å². The molecule has 2 aromatic carbocycles. The first-order chi connectivity index (χ1) is 23.3. The number of carbonyl (C=O) groups excluding carboxylic acids is 2. The molecule has 0 saturated carbocycles. The van der Waals surface area contributed by atoms with Crippen molar-refractivity contribution in [2.75, 3.05) is 0 Å².